The first-order chi connectivity index (χ1) is 16.1. The van der Waals surface area contributed by atoms with Gasteiger partial charge in [-0.1, -0.05) is 0 Å². The summed E-state index contributed by atoms with van der Waals surface area (Å²) < 4.78 is 65.6. The van der Waals surface area contributed by atoms with Crippen molar-refractivity contribution in [3.05, 3.63) is 47.5 Å². The van der Waals surface area contributed by atoms with E-state index in [1.54, 1.807) is 0 Å². The van der Waals surface area contributed by atoms with Crippen molar-refractivity contribution in [2.75, 3.05) is 0 Å². The van der Waals surface area contributed by atoms with E-state index >= 15 is 0 Å². The Morgan fingerprint density at radius 3 is 1.37 bits per heavy atom. The standard InChI is InChI=1S/C22H24N4O6S2.Na.H/c23-13-5-1-3-7-17-15-19(9-11-21(17)33(27,28)29)25-26-20-10-12-22(34(30,31)32)18(16-20)8-4-2-6-14-24;;/h9-12,15-16H,1-8H2,(H,27,28,29)(H,30,31,32);;/b26-25+;;. The fourth-order valence-corrected chi connectivity index (χ4v) is 4.77. The predicted molar refractivity (Wildman–Crippen MR) is 130 cm³/mol. The number of benzene rings is 2. The van der Waals surface area contributed by atoms with Crippen LogP contribution in [0, 0.1) is 22.7 Å². The van der Waals surface area contributed by atoms with Crippen LogP contribution in [0.4, 0.5) is 11.4 Å². The second-order valence-electron chi connectivity index (χ2n) is 7.46. The average molecular weight is 529 g/mol. The Balaban J connectivity index is 0.00000612. The third kappa shape index (κ3) is 10.2. The van der Waals surface area contributed by atoms with Crippen LogP contribution in [0.25, 0.3) is 0 Å². The van der Waals surface area contributed by atoms with Crippen LogP contribution in [0.3, 0.4) is 0 Å². The summed E-state index contributed by atoms with van der Waals surface area (Å²) in [4.78, 5) is -0.471. The summed E-state index contributed by atoms with van der Waals surface area (Å²) in [5.41, 5.74) is 1.32. The zero-order valence-electron chi connectivity index (χ0n) is 18.3. The first-order valence-corrected chi connectivity index (χ1v) is 13.3. The van der Waals surface area contributed by atoms with Crippen LogP contribution in [0.15, 0.2) is 56.4 Å². The third-order valence-electron chi connectivity index (χ3n) is 4.89. The Kier molecular flexibility index (Phi) is 12.7. The molecule has 0 heterocycles. The maximum absolute atomic E-state index is 11.7. The van der Waals surface area contributed by atoms with Gasteiger partial charge in [-0.3, -0.25) is 9.11 Å². The summed E-state index contributed by atoms with van der Waals surface area (Å²) in [6.07, 6.45) is 3.53. The third-order valence-corrected chi connectivity index (χ3v) is 6.80. The Labute approximate surface area is 227 Å². The molecule has 0 atom stereocenters. The molecule has 2 rings (SSSR count). The van der Waals surface area contributed by atoms with Crippen LogP contribution in [-0.2, 0) is 33.1 Å². The second-order valence-corrected chi connectivity index (χ2v) is 10.2. The van der Waals surface area contributed by atoms with Crippen LogP contribution in [0.5, 0.6) is 0 Å². The van der Waals surface area contributed by atoms with Gasteiger partial charge in [0, 0.05) is 12.8 Å². The summed E-state index contributed by atoms with van der Waals surface area (Å²) in [6.45, 7) is 0. The second kappa shape index (κ2) is 14.4. The van der Waals surface area contributed by atoms with Gasteiger partial charge in [-0.05, 0) is 86.1 Å². The van der Waals surface area contributed by atoms with Gasteiger partial charge < -0.3 is 0 Å². The van der Waals surface area contributed by atoms with E-state index in [9.17, 15) is 25.9 Å². The topological polar surface area (TPSA) is 181 Å². The van der Waals surface area contributed by atoms with E-state index in [0.717, 1.165) is 0 Å². The van der Waals surface area contributed by atoms with Crippen molar-refractivity contribution >= 4 is 61.2 Å². The number of hydrogen-bond acceptors (Lipinski definition) is 8. The molecule has 0 bridgehead atoms. The molecule has 13 heteroatoms. The fourth-order valence-electron chi connectivity index (χ4n) is 3.30. The molecule has 0 aliphatic heterocycles. The van der Waals surface area contributed by atoms with Crippen LogP contribution in [-0.4, -0.2) is 55.5 Å². The van der Waals surface area contributed by atoms with Gasteiger partial charge in [0.15, 0.2) is 0 Å². The Bertz CT molecular complexity index is 1240. The molecule has 2 aromatic rings. The molecule has 0 saturated carbocycles. The molecule has 10 nitrogen and oxygen atoms in total. The molecule has 0 fully saturated rings. The molecule has 0 aliphatic carbocycles. The molecular weight excluding hydrogens is 503 g/mol. The molecule has 0 spiro atoms. The summed E-state index contributed by atoms with van der Waals surface area (Å²) in [6, 6.07) is 12.2. The number of nitriles is 2. The zero-order valence-corrected chi connectivity index (χ0v) is 19.9. The van der Waals surface area contributed by atoms with Gasteiger partial charge in [0.25, 0.3) is 20.2 Å². The van der Waals surface area contributed by atoms with Crippen molar-refractivity contribution in [3.63, 3.8) is 0 Å². The number of aryl methyl sites for hydroxylation is 2. The minimum absolute atomic E-state index is 0. The fraction of sp³-hybridized carbons (Fsp3) is 0.364. The summed E-state index contributed by atoms with van der Waals surface area (Å²) in [5.74, 6) is 0. The van der Waals surface area contributed by atoms with E-state index in [2.05, 4.69) is 10.2 Å². The number of rotatable bonds is 12. The van der Waals surface area contributed by atoms with Gasteiger partial charge in [-0.25, -0.2) is 0 Å². The van der Waals surface area contributed by atoms with Gasteiger partial charge in [0.1, 0.15) is 0 Å². The van der Waals surface area contributed by atoms with Crippen molar-refractivity contribution in [3.8, 4) is 12.1 Å². The number of nitrogens with zero attached hydrogens (tertiary/aromatic N) is 4. The van der Waals surface area contributed by atoms with E-state index in [0.29, 0.717) is 73.9 Å². The van der Waals surface area contributed by atoms with Gasteiger partial charge in [0.2, 0.25) is 0 Å². The van der Waals surface area contributed by atoms with E-state index in [4.69, 9.17) is 10.5 Å². The molecule has 0 unspecified atom stereocenters. The van der Waals surface area contributed by atoms with E-state index in [1.807, 2.05) is 12.1 Å². The number of azo groups is 1. The molecule has 2 aromatic carbocycles. The maximum atomic E-state index is 11.7. The molecule has 182 valence electrons. The molecule has 0 radical (unpaired) electrons. The predicted octanol–water partition coefficient (Wildman–Crippen LogP) is 4.42. The molecule has 35 heavy (non-hydrogen) atoms. The Hall–Kier alpha value is -2.16. The van der Waals surface area contributed by atoms with Crippen molar-refractivity contribution in [2.24, 2.45) is 10.2 Å². The molecule has 0 aliphatic rings. The monoisotopic (exact) mass is 528 g/mol. The summed E-state index contributed by atoms with van der Waals surface area (Å²) in [5, 5.41) is 25.5. The minimum atomic E-state index is -4.44. The quantitative estimate of drug-likeness (QED) is 0.176. The van der Waals surface area contributed by atoms with E-state index in [1.165, 1.54) is 36.4 Å². The molecule has 0 saturated heterocycles. The zero-order chi connectivity index (χ0) is 25.2. The summed E-state index contributed by atoms with van der Waals surface area (Å²) in [7, 11) is -8.87. The van der Waals surface area contributed by atoms with Crippen molar-refractivity contribution in [1.82, 2.24) is 0 Å². The SMILES string of the molecule is N#CCCCCc1cc(/N=N/c2ccc(S(=O)(=O)O)c(CCCCC#N)c2)ccc1S(=O)(=O)O.[NaH]. The van der Waals surface area contributed by atoms with Gasteiger partial charge >= 0.3 is 29.6 Å². The molecule has 0 aromatic heterocycles. The van der Waals surface area contributed by atoms with Crippen LogP contribution in [0.2, 0.25) is 0 Å². The van der Waals surface area contributed by atoms with E-state index in [-0.39, 0.29) is 39.3 Å². The van der Waals surface area contributed by atoms with Crippen molar-refractivity contribution in [1.29, 1.82) is 10.5 Å². The van der Waals surface area contributed by atoms with Crippen molar-refractivity contribution in [2.45, 2.75) is 61.2 Å². The van der Waals surface area contributed by atoms with Crippen LogP contribution >= 0.6 is 0 Å². The number of unbranched alkanes of at least 4 members (excludes halogenated alkanes) is 4. The number of hydrogen-bond donors (Lipinski definition) is 2. The molecule has 2 N–H and O–H groups in total. The normalized spacial score (nSPS) is 11.5. The van der Waals surface area contributed by atoms with Gasteiger partial charge in [-0.2, -0.15) is 37.6 Å². The van der Waals surface area contributed by atoms with Crippen LogP contribution < -0.4 is 0 Å². The molecular formula is C22H25N4NaO6S2. The molecule has 0 amide bonds. The van der Waals surface area contributed by atoms with Crippen LogP contribution in [0.1, 0.15) is 49.7 Å². The summed E-state index contributed by atoms with van der Waals surface area (Å²) >= 11 is 0. The van der Waals surface area contributed by atoms with Crippen molar-refractivity contribution < 1.29 is 25.9 Å². The first kappa shape index (κ1) is 30.9. The Morgan fingerprint density at radius 2 is 1.06 bits per heavy atom. The first-order valence-electron chi connectivity index (χ1n) is 10.4. The van der Waals surface area contributed by atoms with Gasteiger partial charge in [-0.15, -0.1) is 0 Å². The average Bonchev–Trinajstić information content (AvgIpc) is 2.77. The Morgan fingerprint density at radius 1 is 0.686 bits per heavy atom. The van der Waals surface area contributed by atoms with E-state index < -0.39 is 20.2 Å². The van der Waals surface area contributed by atoms with Gasteiger partial charge in [0.05, 0.1) is 33.3 Å².